The lowest BCUT2D eigenvalue weighted by Crippen LogP contribution is -2.26. The van der Waals surface area contributed by atoms with Crippen LogP contribution in [0.3, 0.4) is 0 Å². The maximum atomic E-state index is 12.1. The molecule has 0 atom stereocenters. The molecule has 0 aliphatic heterocycles. The molecule has 0 aliphatic carbocycles. The van der Waals surface area contributed by atoms with Crippen LogP contribution in [0.5, 0.6) is 0 Å². The predicted molar refractivity (Wildman–Crippen MR) is 121 cm³/mol. The Balaban J connectivity index is 2.04. The molecular weight excluding hydrogens is 458 g/mol. The fourth-order valence-electron chi connectivity index (χ4n) is 2.24. The van der Waals surface area contributed by atoms with Crippen molar-refractivity contribution in [1.82, 2.24) is 14.7 Å². The van der Waals surface area contributed by atoms with Gasteiger partial charge in [-0.1, -0.05) is 23.4 Å². The van der Waals surface area contributed by atoms with Crippen LogP contribution in [0.15, 0.2) is 47.0 Å². The Morgan fingerprint density at radius 2 is 2.03 bits per heavy atom. The van der Waals surface area contributed by atoms with Crippen LogP contribution in [0.2, 0.25) is 5.02 Å². The smallest absolute Gasteiger partial charge is 0.331 e. The van der Waals surface area contributed by atoms with Crippen molar-refractivity contribution < 1.29 is 23.1 Å². The van der Waals surface area contributed by atoms with Crippen molar-refractivity contribution in [3.05, 3.63) is 47.1 Å². The predicted octanol–water partition coefficient (Wildman–Crippen LogP) is 1.68. The van der Waals surface area contributed by atoms with Gasteiger partial charge in [0.1, 0.15) is 5.02 Å². The van der Waals surface area contributed by atoms with Crippen LogP contribution in [0.4, 0.5) is 17.5 Å². The molecule has 170 valence electrons. The molecule has 2 rings (SSSR count). The van der Waals surface area contributed by atoms with Crippen LogP contribution in [-0.2, 0) is 19.6 Å². The first-order valence-electron chi connectivity index (χ1n) is 9.24. The van der Waals surface area contributed by atoms with Gasteiger partial charge in [0.05, 0.1) is 31.4 Å². The van der Waals surface area contributed by atoms with Crippen LogP contribution in [0, 0.1) is 11.8 Å². The van der Waals surface area contributed by atoms with Crippen LogP contribution < -0.4 is 15.4 Å². The summed E-state index contributed by atoms with van der Waals surface area (Å²) in [6.07, 6.45) is 2.69. The van der Waals surface area contributed by atoms with E-state index in [4.69, 9.17) is 16.7 Å². The number of aliphatic hydroxyl groups excluding tert-OH is 1. The number of hydrogen-bond donors (Lipinski definition) is 4. The van der Waals surface area contributed by atoms with E-state index < -0.39 is 16.0 Å². The van der Waals surface area contributed by atoms with Crippen molar-refractivity contribution in [3.63, 3.8) is 0 Å². The average Bonchev–Trinajstić information content (AvgIpc) is 2.77. The molecule has 0 saturated heterocycles. The van der Waals surface area contributed by atoms with E-state index in [0.717, 1.165) is 0 Å². The Hall–Kier alpha value is -3.17. The number of benzene rings is 1. The minimum Gasteiger partial charge on any atom is -0.466 e. The van der Waals surface area contributed by atoms with E-state index in [1.165, 1.54) is 31.5 Å². The van der Waals surface area contributed by atoms with E-state index in [9.17, 15) is 13.2 Å². The number of allylic oxidation sites excluding steroid dienone is 1. The Labute approximate surface area is 191 Å². The number of anilines is 3. The molecule has 0 fully saturated rings. The number of aromatic nitrogens is 2. The summed E-state index contributed by atoms with van der Waals surface area (Å²) in [4.78, 5) is 19.6. The molecule has 1 aromatic carbocycles. The number of esters is 1. The highest BCUT2D eigenvalue weighted by atomic mass is 35.5. The first kappa shape index (κ1) is 25.1. The Bertz CT molecular complexity index is 1140. The van der Waals surface area contributed by atoms with Gasteiger partial charge in [0.2, 0.25) is 16.0 Å². The summed E-state index contributed by atoms with van der Waals surface area (Å²) in [7, 11) is -2.40. The second-order valence-corrected chi connectivity index (χ2v) is 8.34. The molecule has 2 aromatic rings. The standard InChI is InChI=1S/C20H22ClN5O5S/c1-14(12-18(28)31-2)4-3-9-22-19-17(21)13-23-20(26-19)25-15-5-7-16(8-6-15)32(29,30)24-10-11-27/h5-8,12-13,24,27H,9-11H2,1-2H3,(H2,22,23,25,26). The third-order valence-electron chi connectivity index (χ3n) is 3.73. The number of halogens is 1. The third-order valence-corrected chi connectivity index (χ3v) is 5.49. The highest BCUT2D eigenvalue weighted by molar-refractivity contribution is 7.89. The summed E-state index contributed by atoms with van der Waals surface area (Å²) in [6.45, 7) is 1.54. The first-order chi connectivity index (χ1) is 15.2. The summed E-state index contributed by atoms with van der Waals surface area (Å²) >= 11 is 6.11. The molecule has 0 radical (unpaired) electrons. The zero-order valence-corrected chi connectivity index (χ0v) is 18.9. The van der Waals surface area contributed by atoms with Crippen molar-refractivity contribution in [3.8, 4) is 11.8 Å². The van der Waals surface area contributed by atoms with Crippen LogP contribution in [0.1, 0.15) is 6.92 Å². The van der Waals surface area contributed by atoms with E-state index >= 15 is 0 Å². The molecule has 1 aromatic heterocycles. The first-order valence-corrected chi connectivity index (χ1v) is 11.1. The number of carbonyl (C=O) groups is 1. The number of nitrogens with one attached hydrogen (secondary N) is 3. The van der Waals surface area contributed by atoms with Gasteiger partial charge < -0.3 is 20.5 Å². The molecule has 0 saturated carbocycles. The number of rotatable bonds is 9. The summed E-state index contributed by atoms with van der Waals surface area (Å²) in [5.41, 5.74) is 1.11. The number of aliphatic hydroxyl groups is 1. The molecule has 0 amide bonds. The van der Waals surface area contributed by atoms with E-state index in [0.29, 0.717) is 17.1 Å². The third kappa shape index (κ3) is 7.82. The van der Waals surface area contributed by atoms with Crippen LogP contribution >= 0.6 is 11.6 Å². The maximum absolute atomic E-state index is 12.1. The topological polar surface area (TPSA) is 143 Å². The lowest BCUT2D eigenvalue weighted by atomic mass is 10.3. The van der Waals surface area contributed by atoms with Crippen molar-refractivity contribution >= 4 is 45.0 Å². The van der Waals surface area contributed by atoms with Crippen molar-refractivity contribution in [2.24, 2.45) is 0 Å². The summed E-state index contributed by atoms with van der Waals surface area (Å²) < 4.78 is 30.9. The number of ether oxygens (including phenoxy) is 1. The number of carbonyl (C=O) groups excluding carboxylic acids is 1. The molecule has 0 spiro atoms. The molecule has 0 bridgehead atoms. The van der Waals surface area contributed by atoms with Crippen LogP contribution in [-0.4, -0.2) is 56.3 Å². The number of hydrogen-bond acceptors (Lipinski definition) is 9. The lowest BCUT2D eigenvalue weighted by Gasteiger charge is -2.10. The maximum Gasteiger partial charge on any atom is 0.331 e. The fourth-order valence-corrected chi connectivity index (χ4v) is 3.42. The molecule has 12 heteroatoms. The quantitative estimate of drug-likeness (QED) is 0.240. The Morgan fingerprint density at radius 1 is 1.31 bits per heavy atom. The van der Waals surface area contributed by atoms with Crippen molar-refractivity contribution in [2.75, 3.05) is 37.4 Å². The SMILES string of the molecule is COC(=O)C=C(C)C#CCNc1nc(Nc2ccc(S(=O)(=O)NCCO)cc2)ncc1Cl. The molecule has 1 heterocycles. The largest absolute Gasteiger partial charge is 0.466 e. The summed E-state index contributed by atoms with van der Waals surface area (Å²) in [6, 6.07) is 5.94. The molecular formula is C20H22ClN5O5S. The average molecular weight is 480 g/mol. The molecule has 0 unspecified atom stereocenters. The van der Waals surface area contributed by atoms with Crippen molar-refractivity contribution in [2.45, 2.75) is 11.8 Å². The molecule has 10 nitrogen and oxygen atoms in total. The molecule has 4 N–H and O–H groups in total. The van der Waals surface area contributed by atoms with Gasteiger partial charge in [0.15, 0.2) is 5.82 Å². The van der Waals surface area contributed by atoms with E-state index in [1.807, 2.05) is 0 Å². The zero-order valence-electron chi connectivity index (χ0n) is 17.3. The molecule has 32 heavy (non-hydrogen) atoms. The minimum absolute atomic E-state index is 0.0611. The van der Waals surface area contributed by atoms with Gasteiger partial charge in [-0.05, 0) is 31.2 Å². The van der Waals surface area contributed by atoms with Gasteiger partial charge in [0, 0.05) is 23.9 Å². The lowest BCUT2D eigenvalue weighted by molar-refractivity contribution is -0.134. The molecule has 0 aliphatic rings. The second-order valence-electron chi connectivity index (χ2n) is 6.17. The van der Waals surface area contributed by atoms with Gasteiger partial charge in [-0.3, -0.25) is 0 Å². The normalized spacial score (nSPS) is 11.3. The monoisotopic (exact) mass is 479 g/mol. The van der Waals surface area contributed by atoms with Crippen LogP contribution in [0.25, 0.3) is 0 Å². The fraction of sp³-hybridized carbons (Fsp3) is 0.250. The highest BCUT2D eigenvalue weighted by Crippen LogP contribution is 2.22. The van der Waals surface area contributed by atoms with Crippen molar-refractivity contribution in [1.29, 1.82) is 0 Å². The van der Waals surface area contributed by atoms with E-state index in [-0.39, 0.29) is 35.6 Å². The van der Waals surface area contributed by atoms with E-state index in [2.05, 4.69) is 41.9 Å². The van der Waals surface area contributed by atoms with Gasteiger partial charge >= 0.3 is 5.97 Å². The van der Waals surface area contributed by atoms with Gasteiger partial charge in [0.25, 0.3) is 0 Å². The van der Waals surface area contributed by atoms with Gasteiger partial charge in [-0.25, -0.2) is 22.9 Å². The Kier molecular flexibility index (Phi) is 9.42. The number of sulfonamides is 1. The van der Waals surface area contributed by atoms with E-state index in [1.54, 1.807) is 19.1 Å². The zero-order chi connectivity index (χ0) is 23.6. The minimum atomic E-state index is -3.69. The van der Waals surface area contributed by atoms with Gasteiger partial charge in [-0.15, -0.1) is 0 Å². The summed E-state index contributed by atoms with van der Waals surface area (Å²) in [5, 5.41) is 15.0. The number of methoxy groups -OCH3 is 1. The number of nitrogens with zero attached hydrogens (tertiary/aromatic N) is 2. The second kappa shape index (κ2) is 12.0. The van der Waals surface area contributed by atoms with Gasteiger partial charge in [-0.2, -0.15) is 4.98 Å². The highest BCUT2D eigenvalue weighted by Gasteiger charge is 2.13. The summed E-state index contributed by atoms with van der Waals surface area (Å²) in [5.74, 6) is 5.74. The Morgan fingerprint density at radius 3 is 2.69 bits per heavy atom.